The van der Waals surface area contributed by atoms with Crippen molar-refractivity contribution in [1.29, 1.82) is 0 Å². The van der Waals surface area contributed by atoms with E-state index in [0.29, 0.717) is 16.7 Å². The summed E-state index contributed by atoms with van der Waals surface area (Å²) in [4.78, 5) is 4.54. The minimum absolute atomic E-state index is 0.161. The molecule has 26 heavy (non-hydrogen) atoms. The lowest BCUT2D eigenvalue weighted by Gasteiger charge is -2.20. The third-order valence-corrected chi connectivity index (χ3v) is 5.31. The fourth-order valence-electron chi connectivity index (χ4n) is 2.71. The van der Waals surface area contributed by atoms with Crippen LogP contribution in [0.4, 0.5) is 5.69 Å². The van der Waals surface area contributed by atoms with Crippen molar-refractivity contribution in [2.24, 2.45) is 0 Å². The second-order valence-electron chi connectivity index (χ2n) is 5.57. The highest BCUT2D eigenvalue weighted by Gasteiger charge is 2.27. The number of anilines is 1. The number of hydrogen-bond acceptors (Lipinski definition) is 7. The Morgan fingerprint density at radius 3 is 2.92 bits per heavy atom. The molecule has 1 aliphatic rings. The lowest BCUT2D eigenvalue weighted by Crippen LogP contribution is -2.17. The van der Waals surface area contributed by atoms with Gasteiger partial charge in [0.05, 0.1) is 0 Å². The second kappa shape index (κ2) is 7.13. The predicted molar refractivity (Wildman–Crippen MR) is 104 cm³/mol. The highest BCUT2D eigenvalue weighted by Crippen LogP contribution is 2.41. The Kier molecular flexibility index (Phi) is 4.69. The summed E-state index contributed by atoms with van der Waals surface area (Å²) in [7, 11) is 0. The summed E-state index contributed by atoms with van der Waals surface area (Å²) in [5.74, 6) is 1.42. The molecule has 2 N–H and O–H groups in total. The van der Waals surface area contributed by atoms with Gasteiger partial charge in [0.1, 0.15) is 5.75 Å². The number of benzene rings is 2. The van der Waals surface area contributed by atoms with Crippen LogP contribution in [-0.4, -0.2) is 26.0 Å². The van der Waals surface area contributed by atoms with Crippen LogP contribution in [0.3, 0.4) is 0 Å². The molecule has 0 aliphatic carbocycles. The quantitative estimate of drug-likeness (QED) is 0.586. The molecule has 0 radical (unpaired) electrons. The van der Waals surface area contributed by atoms with Gasteiger partial charge in [-0.15, -0.1) is 10.2 Å². The van der Waals surface area contributed by atoms with E-state index in [1.807, 2.05) is 31.2 Å². The van der Waals surface area contributed by atoms with E-state index in [4.69, 9.17) is 4.74 Å². The lowest BCUT2D eigenvalue weighted by molar-refractivity contribution is 0.224. The number of phenolic OH excluding ortho intramolecular Hbond substituents is 1. The molecule has 4 rings (SSSR count). The molecule has 0 saturated heterocycles. The van der Waals surface area contributed by atoms with Crippen LogP contribution in [-0.2, 0) is 0 Å². The first-order chi connectivity index (χ1) is 12.7. The highest BCUT2D eigenvalue weighted by atomic mass is 79.9. The van der Waals surface area contributed by atoms with E-state index in [1.165, 1.54) is 11.8 Å². The topological polar surface area (TPSA) is 80.2 Å². The fraction of sp³-hybridized carbons (Fsp3) is 0.167. The van der Waals surface area contributed by atoms with Crippen LogP contribution in [0, 0.1) is 0 Å². The number of para-hydroxylation sites is 1. The summed E-state index contributed by atoms with van der Waals surface area (Å²) in [6, 6.07) is 12.8. The number of halogens is 1. The Morgan fingerprint density at radius 1 is 1.23 bits per heavy atom. The molecule has 0 unspecified atom stereocenters. The third-order valence-electron chi connectivity index (χ3n) is 3.87. The van der Waals surface area contributed by atoms with Crippen LogP contribution in [0.1, 0.15) is 18.7 Å². The number of ether oxygens (including phenoxy) is 1. The van der Waals surface area contributed by atoms with Crippen molar-refractivity contribution < 1.29 is 9.84 Å². The number of phenols is 1. The summed E-state index contributed by atoms with van der Waals surface area (Å²) in [5, 5.41) is 22.4. The molecule has 1 aromatic heterocycles. The zero-order valence-electron chi connectivity index (χ0n) is 13.8. The Hall–Kier alpha value is -2.32. The number of fused-ring (bicyclic) bond motifs is 3. The van der Waals surface area contributed by atoms with Crippen molar-refractivity contribution in [2.75, 3.05) is 11.1 Å². The van der Waals surface area contributed by atoms with Crippen molar-refractivity contribution in [1.82, 2.24) is 15.2 Å². The van der Waals surface area contributed by atoms with E-state index >= 15 is 0 Å². The third kappa shape index (κ3) is 3.22. The molecule has 0 amide bonds. The molecular formula is C18H15BrN4O2S. The van der Waals surface area contributed by atoms with Crippen LogP contribution < -0.4 is 10.1 Å². The normalized spacial score (nSPS) is 15.2. The molecule has 0 saturated carbocycles. The van der Waals surface area contributed by atoms with Gasteiger partial charge < -0.3 is 15.2 Å². The summed E-state index contributed by atoms with van der Waals surface area (Å²) in [6.45, 7) is 2.03. The van der Waals surface area contributed by atoms with Crippen molar-refractivity contribution in [3.05, 3.63) is 52.5 Å². The van der Waals surface area contributed by atoms with E-state index in [2.05, 4.69) is 36.4 Å². The standard InChI is InChI=1S/C18H15BrN4O2S/c1-2-26-18-21-17-15(22-23-18)11-5-3-4-6-14(11)20-16(25-17)12-9-10(24)7-8-13(12)19/h3-9,16,20,24H,2H2,1H3/t16-/m1/s1. The van der Waals surface area contributed by atoms with Crippen LogP contribution in [0.15, 0.2) is 52.1 Å². The maximum atomic E-state index is 9.90. The van der Waals surface area contributed by atoms with Gasteiger partial charge in [0.2, 0.25) is 11.0 Å². The van der Waals surface area contributed by atoms with Crippen LogP contribution >= 0.6 is 27.7 Å². The molecule has 1 atom stereocenters. The molecule has 0 spiro atoms. The van der Waals surface area contributed by atoms with E-state index in [1.54, 1.807) is 18.2 Å². The summed E-state index contributed by atoms with van der Waals surface area (Å²) >= 11 is 5.03. The summed E-state index contributed by atoms with van der Waals surface area (Å²) in [6.07, 6.45) is -0.546. The monoisotopic (exact) mass is 430 g/mol. The van der Waals surface area contributed by atoms with Gasteiger partial charge in [-0.25, -0.2) is 0 Å². The Balaban J connectivity index is 1.86. The number of nitrogens with zero attached hydrogens (tertiary/aromatic N) is 3. The number of aromatic nitrogens is 3. The van der Waals surface area contributed by atoms with Crippen molar-refractivity contribution >= 4 is 33.4 Å². The van der Waals surface area contributed by atoms with Crippen molar-refractivity contribution in [3.8, 4) is 22.9 Å². The van der Waals surface area contributed by atoms with Gasteiger partial charge in [0.15, 0.2) is 11.9 Å². The van der Waals surface area contributed by atoms with Crippen LogP contribution in [0.2, 0.25) is 0 Å². The molecule has 0 fully saturated rings. The number of thioether (sulfide) groups is 1. The fourth-order valence-corrected chi connectivity index (χ4v) is 3.67. The van der Waals surface area contributed by atoms with Crippen LogP contribution in [0.25, 0.3) is 11.3 Å². The van der Waals surface area contributed by atoms with Gasteiger partial charge in [-0.1, -0.05) is 52.8 Å². The summed E-state index contributed by atoms with van der Waals surface area (Å²) < 4.78 is 6.99. The number of hydrogen-bond donors (Lipinski definition) is 2. The van der Waals surface area contributed by atoms with Gasteiger partial charge in [0.25, 0.3) is 0 Å². The number of aromatic hydroxyl groups is 1. The van der Waals surface area contributed by atoms with E-state index in [9.17, 15) is 5.11 Å². The molecule has 0 bridgehead atoms. The first-order valence-electron chi connectivity index (χ1n) is 8.04. The second-order valence-corrected chi connectivity index (χ2v) is 7.66. The molecular weight excluding hydrogens is 416 g/mol. The predicted octanol–water partition coefficient (Wildman–Crippen LogP) is 4.62. The van der Waals surface area contributed by atoms with Gasteiger partial charge in [-0.2, -0.15) is 4.98 Å². The largest absolute Gasteiger partial charge is 0.508 e. The first kappa shape index (κ1) is 17.1. The highest BCUT2D eigenvalue weighted by molar-refractivity contribution is 9.10. The van der Waals surface area contributed by atoms with Crippen molar-refractivity contribution in [2.45, 2.75) is 18.3 Å². The maximum absolute atomic E-state index is 9.90. The number of rotatable bonds is 3. The lowest BCUT2D eigenvalue weighted by atomic mass is 10.1. The summed E-state index contributed by atoms with van der Waals surface area (Å²) in [5.41, 5.74) is 3.08. The van der Waals surface area contributed by atoms with E-state index in [0.717, 1.165) is 27.0 Å². The molecule has 8 heteroatoms. The Bertz CT molecular complexity index is 970. The average Bonchev–Trinajstić information content (AvgIpc) is 2.80. The van der Waals surface area contributed by atoms with Gasteiger partial charge in [0, 0.05) is 21.3 Å². The molecule has 1 aliphatic heterocycles. The molecule has 2 aromatic carbocycles. The first-order valence-corrected chi connectivity index (χ1v) is 9.82. The zero-order valence-corrected chi connectivity index (χ0v) is 16.2. The molecule has 6 nitrogen and oxygen atoms in total. The van der Waals surface area contributed by atoms with Gasteiger partial charge in [-0.3, -0.25) is 0 Å². The smallest absolute Gasteiger partial charge is 0.247 e. The molecule has 2 heterocycles. The Labute approximate surface area is 163 Å². The maximum Gasteiger partial charge on any atom is 0.247 e. The van der Waals surface area contributed by atoms with E-state index < -0.39 is 6.23 Å². The zero-order chi connectivity index (χ0) is 18.1. The van der Waals surface area contributed by atoms with Gasteiger partial charge >= 0.3 is 0 Å². The molecule has 132 valence electrons. The average molecular weight is 431 g/mol. The minimum atomic E-state index is -0.546. The van der Waals surface area contributed by atoms with E-state index in [-0.39, 0.29) is 5.75 Å². The Morgan fingerprint density at radius 2 is 2.08 bits per heavy atom. The SMILES string of the molecule is CCSc1nnc2c(n1)O[C@H](c1cc(O)ccc1Br)Nc1ccccc1-2. The number of nitrogens with one attached hydrogen (secondary N) is 1. The minimum Gasteiger partial charge on any atom is -0.508 e. The molecule has 3 aromatic rings. The van der Waals surface area contributed by atoms with Crippen molar-refractivity contribution in [3.63, 3.8) is 0 Å². The van der Waals surface area contributed by atoms with Crippen LogP contribution in [0.5, 0.6) is 11.6 Å². The van der Waals surface area contributed by atoms with Gasteiger partial charge in [-0.05, 0) is 30.0 Å².